The molecule has 0 aromatic carbocycles. The first-order valence-electron chi connectivity index (χ1n) is 5.76. The van der Waals surface area contributed by atoms with Crippen LogP contribution in [0.2, 0.25) is 0 Å². The summed E-state index contributed by atoms with van der Waals surface area (Å²) in [7, 11) is 1.66. The number of carboxylic acid groups (broad SMARTS) is 1. The molecule has 2 amide bonds. The Balaban J connectivity index is 2.48. The molecule has 0 bridgehead atoms. The summed E-state index contributed by atoms with van der Waals surface area (Å²) >= 11 is 1.86. The van der Waals surface area contributed by atoms with Crippen LogP contribution in [0.25, 0.3) is 0 Å². The summed E-state index contributed by atoms with van der Waals surface area (Å²) in [6, 6.07) is -0.0646. The minimum Gasteiger partial charge on any atom is -0.481 e. The first-order chi connectivity index (χ1) is 7.91. The zero-order chi connectivity index (χ0) is 13.0. The van der Waals surface area contributed by atoms with Crippen LogP contribution in [-0.2, 0) is 4.79 Å². The summed E-state index contributed by atoms with van der Waals surface area (Å²) in [4.78, 5) is 26.1. The van der Waals surface area contributed by atoms with Crippen molar-refractivity contribution >= 4 is 23.8 Å². The third-order valence-corrected chi connectivity index (χ3v) is 3.94. The summed E-state index contributed by atoms with van der Waals surface area (Å²) in [6.07, 6.45) is 0. The van der Waals surface area contributed by atoms with Gasteiger partial charge in [-0.1, -0.05) is 13.8 Å². The minimum atomic E-state index is -0.868. The molecule has 1 aliphatic rings. The SMILES string of the molecule is CC1CN(C(=O)N(C)CC(C)C(=O)O)CCS1. The molecule has 5 nitrogen and oxygen atoms in total. The van der Waals surface area contributed by atoms with E-state index in [-0.39, 0.29) is 12.6 Å². The Hall–Kier alpha value is -0.910. The molecule has 6 heteroatoms. The molecule has 98 valence electrons. The largest absolute Gasteiger partial charge is 0.481 e. The van der Waals surface area contributed by atoms with Gasteiger partial charge < -0.3 is 14.9 Å². The van der Waals surface area contributed by atoms with Gasteiger partial charge in [0.25, 0.3) is 0 Å². The van der Waals surface area contributed by atoms with E-state index < -0.39 is 11.9 Å². The quantitative estimate of drug-likeness (QED) is 0.828. The highest BCUT2D eigenvalue weighted by Gasteiger charge is 2.25. The van der Waals surface area contributed by atoms with E-state index in [0.29, 0.717) is 5.25 Å². The number of nitrogens with zero attached hydrogens (tertiary/aromatic N) is 2. The van der Waals surface area contributed by atoms with E-state index >= 15 is 0 Å². The highest BCUT2D eigenvalue weighted by Crippen LogP contribution is 2.18. The van der Waals surface area contributed by atoms with Crippen LogP contribution >= 0.6 is 11.8 Å². The molecule has 1 N–H and O–H groups in total. The fraction of sp³-hybridized carbons (Fsp3) is 0.818. The minimum absolute atomic E-state index is 0.0646. The first kappa shape index (κ1) is 14.2. The van der Waals surface area contributed by atoms with Crippen molar-refractivity contribution in [3.8, 4) is 0 Å². The summed E-state index contributed by atoms with van der Waals surface area (Å²) < 4.78 is 0. The van der Waals surface area contributed by atoms with Crippen LogP contribution in [0.4, 0.5) is 4.79 Å². The third-order valence-electron chi connectivity index (χ3n) is 2.81. The van der Waals surface area contributed by atoms with Gasteiger partial charge in [0.15, 0.2) is 0 Å². The van der Waals surface area contributed by atoms with E-state index in [1.165, 1.54) is 4.90 Å². The number of amides is 2. The van der Waals surface area contributed by atoms with Crippen molar-refractivity contribution in [3.05, 3.63) is 0 Å². The summed E-state index contributed by atoms with van der Waals surface area (Å²) in [5.41, 5.74) is 0. The molecule has 1 rings (SSSR count). The summed E-state index contributed by atoms with van der Waals surface area (Å²) in [6.45, 7) is 5.46. The van der Waals surface area contributed by atoms with Crippen molar-refractivity contribution in [2.45, 2.75) is 19.1 Å². The number of urea groups is 1. The monoisotopic (exact) mass is 260 g/mol. The highest BCUT2D eigenvalue weighted by atomic mass is 32.2. The topological polar surface area (TPSA) is 60.9 Å². The van der Waals surface area contributed by atoms with Crippen LogP contribution in [0, 0.1) is 5.92 Å². The second-order valence-corrected chi connectivity index (χ2v) is 6.08. The maximum atomic E-state index is 12.1. The standard InChI is InChI=1S/C11H20N2O3S/c1-8(10(14)15)6-12(3)11(16)13-4-5-17-9(2)7-13/h8-9H,4-7H2,1-3H3,(H,14,15). The summed E-state index contributed by atoms with van der Waals surface area (Å²) in [5.74, 6) is -0.442. The molecule has 1 heterocycles. The molecule has 2 atom stereocenters. The van der Waals surface area contributed by atoms with Gasteiger partial charge in [-0.15, -0.1) is 0 Å². The van der Waals surface area contributed by atoms with E-state index in [1.54, 1.807) is 18.9 Å². The Morgan fingerprint density at radius 2 is 2.24 bits per heavy atom. The van der Waals surface area contributed by atoms with E-state index in [1.807, 2.05) is 11.8 Å². The Morgan fingerprint density at radius 1 is 1.59 bits per heavy atom. The molecular formula is C11H20N2O3S. The van der Waals surface area contributed by atoms with Gasteiger partial charge in [0.2, 0.25) is 0 Å². The molecule has 0 radical (unpaired) electrons. The van der Waals surface area contributed by atoms with Gasteiger partial charge in [-0.25, -0.2) is 4.79 Å². The van der Waals surface area contributed by atoms with E-state index in [9.17, 15) is 9.59 Å². The Labute approximate surface area is 106 Å². The number of hydrogen-bond acceptors (Lipinski definition) is 3. The van der Waals surface area contributed by atoms with Crippen molar-refractivity contribution in [1.29, 1.82) is 0 Å². The number of thioether (sulfide) groups is 1. The van der Waals surface area contributed by atoms with E-state index in [2.05, 4.69) is 6.92 Å². The van der Waals surface area contributed by atoms with Gasteiger partial charge >= 0.3 is 12.0 Å². The third kappa shape index (κ3) is 4.11. The lowest BCUT2D eigenvalue weighted by Gasteiger charge is -2.34. The van der Waals surface area contributed by atoms with Crippen molar-refractivity contribution in [3.63, 3.8) is 0 Å². The van der Waals surface area contributed by atoms with E-state index in [4.69, 9.17) is 5.11 Å². The number of hydrogen-bond donors (Lipinski definition) is 1. The number of aliphatic carboxylic acids is 1. The molecule has 17 heavy (non-hydrogen) atoms. The average Bonchev–Trinajstić information content (AvgIpc) is 2.27. The van der Waals surface area contributed by atoms with Crippen LogP contribution in [-0.4, -0.2) is 64.6 Å². The number of carbonyl (C=O) groups is 2. The molecular weight excluding hydrogens is 240 g/mol. The second kappa shape index (κ2) is 6.14. The van der Waals surface area contributed by atoms with Crippen molar-refractivity contribution in [2.24, 2.45) is 5.92 Å². The van der Waals surface area contributed by atoms with Gasteiger partial charge in [0, 0.05) is 37.7 Å². The highest BCUT2D eigenvalue weighted by molar-refractivity contribution is 7.99. The number of rotatable bonds is 3. The van der Waals surface area contributed by atoms with Crippen LogP contribution in [0.15, 0.2) is 0 Å². The number of carbonyl (C=O) groups excluding carboxylic acids is 1. The lowest BCUT2D eigenvalue weighted by molar-refractivity contribution is -0.141. The number of carboxylic acids is 1. The smallest absolute Gasteiger partial charge is 0.319 e. The zero-order valence-corrected chi connectivity index (χ0v) is 11.4. The Morgan fingerprint density at radius 3 is 2.76 bits per heavy atom. The molecule has 0 aromatic rings. The van der Waals surface area contributed by atoms with Gasteiger partial charge in [0.05, 0.1) is 5.92 Å². The molecule has 1 saturated heterocycles. The summed E-state index contributed by atoms with van der Waals surface area (Å²) in [5, 5.41) is 9.27. The van der Waals surface area contributed by atoms with Crippen LogP contribution in [0.3, 0.4) is 0 Å². The van der Waals surface area contributed by atoms with Crippen LogP contribution in [0.5, 0.6) is 0 Å². The zero-order valence-electron chi connectivity index (χ0n) is 10.5. The van der Waals surface area contributed by atoms with Gasteiger partial charge in [-0.3, -0.25) is 4.79 Å². The molecule has 0 aromatic heterocycles. The normalized spacial score (nSPS) is 22.1. The Kier molecular flexibility index (Phi) is 5.11. The van der Waals surface area contributed by atoms with Gasteiger partial charge in [0.1, 0.15) is 0 Å². The van der Waals surface area contributed by atoms with Crippen molar-refractivity contribution < 1.29 is 14.7 Å². The lowest BCUT2D eigenvalue weighted by Crippen LogP contribution is -2.48. The van der Waals surface area contributed by atoms with Gasteiger partial charge in [-0.2, -0.15) is 11.8 Å². The predicted octanol–water partition coefficient (Wildman–Crippen LogP) is 1.20. The predicted molar refractivity (Wildman–Crippen MR) is 68.3 cm³/mol. The molecule has 0 aliphatic carbocycles. The molecule has 0 saturated carbocycles. The van der Waals surface area contributed by atoms with Crippen molar-refractivity contribution in [2.75, 3.05) is 32.4 Å². The van der Waals surface area contributed by atoms with Crippen molar-refractivity contribution in [1.82, 2.24) is 9.80 Å². The molecule has 0 spiro atoms. The maximum Gasteiger partial charge on any atom is 0.319 e. The molecule has 1 aliphatic heterocycles. The van der Waals surface area contributed by atoms with Crippen LogP contribution < -0.4 is 0 Å². The lowest BCUT2D eigenvalue weighted by atomic mass is 10.2. The first-order valence-corrected chi connectivity index (χ1v) is 6.81. The fourth-order valence-corrected chi connectivity index (χ4v) is 2.81. The molecule has 1 fully saturated rings. The molecule has 2 unspecified atom stereocenters. The maximum absolute atomic E-state index is 12.1. The Bertz CT molecular complexity index is 298. The average molecular weight is 260 g/mol. The fourth-order valence-electron chi connectivity index (χ4n) is 1.80. The van der Waals surface area contributed by atoms with Crippen LogP contribution in [0.1, 0.15) is 13.8 Å². The second-order valence-electron chi connectivity index (χ2n) is 4.53. The van der Waals surface area contributed by atoms with E-state index in [0.717, 1.165) is 18.8 Å². The van der Waals surface area contributed by atoms with Gasteiger partial charge in [-0.05, 0) is 0 Å².